The smallest absolute Gasteiger partial charge is 0.319 e. The number of esters is 2. The molecule has 0 N–H and O–H groups in total. The first kappa shape index (κ1) is 12.9. The Kier molecular flexibility index (Phi) is 4.34. The van der Waals surface area contributed by atoms with E-state index in [1.54, 1.807) is 48.8 Å². The van der Waals surface area contributed by atoms with Gasteiger partial charge in [-0.25, -0.2) is 0 Å². The second kappa shape index (κ2) is 6.39. The van der Waals surface area contributed by atoms with Gasteiger partial charge in [-0.05, 0) is 24.3 Å². The topological polar surface area (TPSA) is 69.2 Å². The molecule has 0 aliphatic carbocycles. The number of aromatic nitrogens is 2. The van der Waals surface area contributed by atoms with Crippen LogP contribution in [0.15, 0.2) is 48.8 Å². The molecule has 5 nitrogen and oxygen atoms in total. The zero-order chi connectivity index (χ0) is 13.5. The minimum absolute atomic E-state index is 0.0190. The van der Waals surface area contributed by atoms with Crippen molar-refractivity contribution >= 4 is 11.9 Å². The minimum atomic E-state index is -0.611. The summed E-state index contributed by atoms with van der Waals surface area (Å²) in [6.45, 7) is 0. The van der Waals surface area contributed by atoms with E-state index in [1.807, 2.05) is 0 Å². The third-order valence-corrected chi connectivity index (χ3v) is 2.33. The molecular weight excluding hydrogens is 244 g/mol. The highest BCUT2D eigenvalue weighted by Gasteiger charge is 2.12. The second-order valence-electron chi connectivity index (χ2n) is 3.84. The number of carbonyl (C=O) groups is 2. The van der Waals surface area contributed by atoms with Crippen molar-refractivity contribution in [3.05, 3.63) is 60.2 Å². The number of carbonyl (C=O) groups excluding carboxylic acids is 2. The number of rotatable bonds is 4. The van der Waals surface area contributed by atoms with E-state index in [4.69, 9.17) is 4.74 Å². The van der Waals surface area contributed by atoms with Crippen LogP contribution < -0.4 is 0 Å². The lowest BCUT2D eigenvalue weighted by molar-refractivity contribution is -0.158. The Labute approximate surface area is 110 Å². The van der Waals surface area contributed by atoms with Crippen molar-refractivity contribution in [3.63, 3.8) is 0 Å². The molecule has 19 heavy (non-hydrogen) atoms. The SMILES string of the molecule is O=C(Cc1ccccn1)OC(=O)Cc1ccccn1. The Balaban J connectivity index is 1.84. The van der Waals surface area contributed by atoms with Crippen LogP contribution in [0.2, 0.25) is 0 Å². The molecule has 2 aromatic heterocycles. The lowest BCUT2D eigenvalue weighted by Crippen LogP contribution is -2.17. The van der Waals surface area contributed by atoms with Gasteiger partial charge in [0.05, 0.1) is 24.2 Å². The summed E-state index contributed by atoms with van der Waals surface area (Å²) in [5.74, 6) is -1.22. The van der Waals surface area contributed by atoms with Gasteiger partial charge in [0, 0.05) is 12.4 Å². The quantitative estimate of drug-likeness (QED) is 0.609. The summed E-state index contributed by atoms with van der Waals surface area (Å²) in [6, 6.07) is 10.4. The lowest BCUT2D eigenvalue weighted by Gasteiger charge is -2.02. The third-order valence-electron chi connectivity index (χ3n) is 2.33. The molecule has 0 spiro atoms. The molecule has 5 heteroatoms. The molecule has 0 radical (unpaired) electrons. The van der Waals surface area contributed by atoms with Gasteiger partial charge in [0.15, 0.2) is 0 Å². The highest BCUT2D eigenvalue weighted by atomic mass is 16.6. The molecule has 0 fully saturated rings. The van der Waals surface area contributed by atoms with Crippen LogP contribution >= 0.6 is 0 Å². The monoisotopic (exact) mass is 256 g/mol. The average molecular weight is 256 g/mol. The van der Waals surface area contributed by atoms with Gasteiger partial charge >= 0.3 is 11.9 Å². The molecule has 0 aromatic carbocycles. The Hall–Kier alpha value is -2.56. The van der Waals surface area contributed by atoms with Crippen molar-refractivity contribution in [2.24, 2.45) is 0 Å². The van der Waals surface area contributed by atoms with Crippen molar-refractivity contribution in [3.8, 4) is 0 Å². The van der Waals surface area contributed by atoms with Crippen molar-refractivity contribution in [1.82, 2.24) is 9.97 Å². The minimum Gasteiger partial charge on any atom is -0.393 e. The van der Waals surface area contributed by atoms with Crippen molar-refractivity contribution in [1.29, 1.82) is 0 Å². The summed E-state index contributed by atoms with van der Waals surface area (Å²) in [4.78, 5) is 31.0. The van der Waals surface area contributed by atoms with Crippen LogP contribution in [-0.4, -0.2) is 21.9 Å². The van der Waals surface area contributed by atoms with Gasteiger partial charge in [-0.2, -0.15) is 0 Å². The Bertz CT molecular complexity index is 504. The van der Waals surface area contributed by atoms with Crippen molar-refractivity contribution < 1.29 is 14.3 Å². The third kappa shape index (κ3) is 4.31. The number of hydrogen-bond donors (Lipinski definition) is 0. The average Bonchev–Trinajstić information content (AvgIpc) is 2.40. The molecule has 2 rings (SSSR count). The molecule has 0 saturated carbocycles. The zero-order valence-electron chi connectivity index (χ0n) is 10.2. The molecule has 0 unspecified atom stereocenters. The van der Waals surface area contributed by atoms with E-state index in [2.05, 4.69) is 9.97 Å². The number of hydrogen-bond acceptors (Lipinski definition) is 5. The first-order valence-electron chi connectivity index (χ1n) is 5.77. The van der Waals surface area contributed by atoms with E-state index in [-0.39, 0.29) is 12.8 Å². The van der Waals surface area contributed by atoms with Gasteiger partial charge < -0.3 is 4.74 Å². The van der Waals surface area contributed by atoms with Gasteiger partial charge in [0.25, 0.3) is 0 Å². The van der Waals surface area contributed by atoms with Gasteiger partial charge in [-0.15, -0.1) is 0 Å². The zero-order valence-corrected chi connectivity index (χ0v) is 10.2. The molecule has 0 aliphatic rings. The summed E-state index contributed by atoms with van der Waals surface area (Å²) >= 11 is 0. The van der Waals surface area contributed by atoms with E-state index in [9.17, 15) is 9.59 Å². The first-order valence-corrected chi connectivity index (χ1v) is 5.77. The van der Waals surface area contributed by atoms with Gasteiger partial charge in [0.1, 0.15) is 0 Å². The number of pyridine rings is 2. The van der Waals surface area contributed by atoms with Gasteiger partial charge in [0.2, 0.25) is 0 Å². The van der Waals surface area contributed by atoms with Crippen LogP contribution in [-0.2, 0) is 27.2 Å². The van der Waals surface area contributed by atoms with E-state index >= 15 is 0 Å². The van der Waals surface area contributed by atoms with Crippen LogP contribution in [0, 0.1) is 0 Å². The normalized spacial score (nSPS) is 9.89. The Morgan fingerprint density at radius 3 is 1.68 bits per heavy atom. The molecule has 0 bridgehead atoms. The molecule has 0 amide bonds. The molecule has 0 saturated heterocycles. The van der Waals surface area contributed by atoms with E-state index in [0.29, 0.717) is 11.4 Å². The van der Waals surface area contributed by atoms with Crippen LogP contribution in [0.5, 0.6) is 0 Å². The van der Waals surface area contributed by atoms with E-state index in [1.165, 1.54) is 0 Å². The fraction of sp³-hybridized carbons (Fsp3) is 0.143. The fourth-order valence-electron chi connectivity index (χ4n) is 1.50. The molecule has 2 aromatic rings. The number of nitrogens with zero attached hydrogens (tertiary/aromatic N) is 2. The first-order chi connectivity index (χ1) is 9.24. The summed E-state index contributed by atoms with van der Waals surface area (Å²) in [5, 5.41) is 0. The molecule has 2 heterocycles. The van der Waals surface area contributed by atoms with Crippen molar-refractivity contribution in [2.75, 3.05) is 0 Å². The second-order valence-corrected chi connectivity index (χ2v) is 3.84. The summed E-state index contributed by atoms with van der Waals surface area (Å²) in [5.41, 5.74) is 1.14. The highest BCUT2D eigenvalue weighted by Crippen LogP contribution is 2.00. The van der Waals surface area contributed by atoms with Crippen LogP contribution in [0.3, 0.4) is 0 Å². The maximum atomic E-state index is 11.5. The predicted octanol–water partition coefficient (Wildman–Crippen LogP) is 1.33. The number of ether oxygens (including phenoxy) is 1. The standard InChI is InChI=1S/C14H12N2O3/c17-13(9-11-5-1-3-7-15-11)19-14(18)10-12-6-2-4-8-16-12/h1-8H,9-10H2. The Morgan fingerprint density at radius 2 is 1.32 bits per heavy atom. The molecule has 0 atom stereocenters. The maximum absolute atomic E-state index is 11.5. The lowest BCUT2D eigenvalue weighted by atomic mass is 10.2. The molecular formula is C14H12N2O3. The fourth-order valence-corrected chi connectivity index (χ4v) is 1.50. The summed E-state index contributed by atoms with van der Waals surface area (Å²) in [7, 11) is 0. The van der Waals surface area contributed by atoms with Crippen LogP contribution in [0.1, 0.15) is 11.4 Å². The summed E-state index contributed by atoms with van der Waals surface area (Å²) < 4.78 is 4.70. The maximum Gasteiger partial charge on any atom is 0.319 e. The highest BCUT2D eigenvalue weighted by molar-refractivity contribution is 5.87. The largest absolute Gasteiger partial charge is 0.393 e. The predicted molar refractivity (Wildman–Crippen MR) is 67.0 cm³/mol. The van der Waals surface area contributed by atoms with E-state index < -0.39 is 11.9 Å². The molecule has 0 aliphatic heterocycles. The van der Waals surface area contributed by atoms with Crippen LogP contribution in [0.4, 0.5) is 0 Å². The van der Waals surface area contributed by atoms with E-state index in [0.717, 1.165) is 0 Å². The van der Waals surface area contributed by atoms with Crippen LogP contribution in [0.25, 0.3) is 0 Å². The van der Waals surface area contributed by atoms with Gasteiger partial charge in [-0.3, -0.25) is 19.6 Å². The van der Waals surface area contributed by atoms with Crippen molar-refractivity contribution in [2.45, 2.75) is 12.8 Å². The summed E-state index contributed by atoms with van der Waals surface area (Å²) in [6.07, 6.45) is 3.13. The molecule has 96 valence electrons. The Morgan fingerprint density at radius 1 is 0.842 bits per heavy atom. The van der Waals surface area contributed by atoms with Gasteiger partial charge in [-0.1, -0.05) is 12.1 Å².